The summed E-state index contributed by atoms with van der Waals surface area (Å²) in [5, 5.41) is 3.79. The van der Waals surface area contributed by atoms with Gasteiger partial charge in [0.15, 0.2) is 5.16 Å². The summed E-state index contributed by atoms with van der Waals surface area (Å²) in [5.74, 6) is 1.25. The molecular formula is C22H20ClN3O4S. The van der Waals surface area contributed by atoms with Gasteiger partial charge in [-0.2, -0.15) is 0 Å². The third kappa shape index (κ3) is 4.40. The van der Waals surface area contributed by atoms with Crippen LogP contribution in [0.4, 0.5) is 5.82 Å². The van der Waals surface area contributed by atoms with Gasteiger partial charge in [0.2, 0.25) is 5.91 Å². The maximum absolute atomic E-state index is 13.0. The van der Waals surface area contributed by atoms with Crippen molar-refractivity contribution in [1.82, 2.24) is 9.97 Å². The summed E-state index contributed by atoms with van der Waals surface area (Å²) in [7, 11) is 3.11. The Bertz CT molecular complexity index is 1200. The molecule has 1 unspecified atom stereocenters. The fourth-order valence-electron chi connectivity index (χ4n) is 3.56. The zero-order valence-corrected chi connectivity index (χ0v) is 18.5. The van der Waals surface area contributed by atoms with Gasteiger partial charge in [-0.1, -0.05) is 41.6 Å². The number of amides is 1. The summed E-state index contributed by atoms with van der Waals surface area (Å²) in [6, 6.07) is 12.8. The monoisotopic (exact) mass is 457 g/mol. The van der Waals surface area contributed by atoms with Crippen LogP contribution in [-0.2, 0) is 10.5 Å². The second kappa shape index (κ2) is 9.03. The maximum Gasteiger partial charge on any atom is 0.257 e. The number of nitrogens with zero attached hydrogens (tertiary/aromatic N) is 1. The van der Waals surface area contributed by atoms with Gasteiger partial charge in [0.25, 0.3) is 5.56 Å². The van der Waals surface area contributed by atoms with Crippen LogP contribution < -0.4 is 20.3 Å². The molecule has 160 valence electrons. The molecule has 9 heteroatoms. The highest BCUT2D eigenvalue weighted by molar-refractivity contribution is 7.98. The highest BCUT2D eigenvalue weighted by atomic mass is 35.5. The molecular weight excluding hydrogens is 438 g/mol. The first-order valence-electron chi connectivity index (χ1n) is 9.52. The van der Waals surface area contributed by atoms with Crippen LogP contribution in [0.15, 0.2) is 52.4 Å². The minimum atomic E-state index is -0.507. The third-order valence-corrected chi connectivity index (χ3v) is 6.35. The summed E-state index contributed by atoms with van der Waals surface area (Å²) in [5.41, 5.74) is 1.72. The molecule has 1 amide bonds. The Kier molecular flexibility index (Phi) is 6.20. The van der Waals surface area contributed by atoms with E-state index in [-0.39, 0.29) is 23.7 Å². The van der Waals surface area contributed by atoms with Crippen LogP contribution in [0.1, 0.15) is 29.0 Å². The molecule has 0 spiro atoms. The topological polar surface area (TPSA) is 93.3 Å². The molecule has 2 aromatic carbocycles. The normalized spacial score (nSPS) is 15.2. The maximum atomic E-state index is 13.0. The van der Waals surface area contributed by atoms with Gasteiger partial charge < -0.3 is 19.8 Å². The van der Waals surface area contributed by atoms with Gasteiger partial charge in [-0.15, -0.1) is 0 Å². The number of hydrogen-bond acceptors (Lipinski definition) is 6. The number of halogens is 1. The van der Waals surface area contributed by atoms with Gasteiger partial charge in [0.05, 0.1) is 19.8 Å². The summed E-state index contributed by atoms with van der Waals surface area (Å²) in [6.07, 6.45) is 0.105. The van der Waals surface area contributed by atoms with E-state index >= 15 is 0 Å². The van der Waals surface area contributed by atoms with Gasteiger partial charge in [-0.25, -0.2) is 4.98 Å². The van der Waals surface area contributed by atoms with Crippen LogP contribution >= 0.6 is 23.4 Å². The molecule has 0 radical (unpaired) electrons. The lowest BCUT2D eigenvalue weighted by Gasteiger charge is -2.26. The molecule has 0 aliphatic carbocycles. The molecule has 0 bridgehead atoms. The average molecular weight is 458 g/mol. The van der Waals surface area contributed by atoms with Gasteiger partial charge >= 0.3 is 0 Å². The highest BCUT2D eigenvalue weighted by Gasteiger charge is 2.33. The molecule has 1 aliphatic heterocycles. The van der Waals surface area contributed by atoms with Crippen molar-refractivity contribution in [1.29, 1.82) is 0 Å². The van der Waals surface area contributed by atoms with E-state index in [1.54, 1.807) is 32.4 Å². The van der Waals surface area contributed by atoms with E-state index in [2.05, 4.69) is 15.3 Å². The Morgan fingerprint density at radius 3 is 2.71 bits per heavy atom. The minimum Gasteiger partial charge on any atom is -0.497 e. The van der Waals surface area contributed by atoms with Crippen LogP contribution in [0.25, 0.3) is 0 Å². The number of fused-ring (bicyclic) bond motifs is 1. The number of hydrogen-bond donors (Lipinski definition) is 2. The SMILES string of the molecule is COc1ccc(OC)c(C2CC(=O)Nc3nc(SCc4ccccc4Cl)[nH]c(=O)c32)c1. The number of carbonyl (C=O) groups excluding carboxylic acids is 1. The Balaban J connectivity index is 1.71. The van der Waals surface area contributed by atoms with E-state index in [1.807, 2.05) is 24.3 Å². The molecule has 3 aromatic rings. The smallest absolute Gasteiger partial charge is 0.257 e. The third-order valence-electron chi connectivity index (χ3n) is 5.06. The summed E-state index contributed by atoms with van der Waals surface area (Å²) in [6.45, 7) is 0. The Labute approximate surface area is 188 Å². The van der Waals surface area contributed by atoms with Crippen molar-refractivity contribution < 1.29 is 14.3 Å². The number of aromatic amines is 1. The molecule has 1 aliphatic rings. The Hall–Kier alpha value is -2.97. The van der Waals surface area contributed by atoms with E-state index in [1.165, 1.54) is 11.8 Å². The number of benzene rings is 2. The summed E-state index contributed by atoms with van der Waals surface area (Å²) < 4.78 is 10.8. The number of nitrogens with one attached hydrogen (secondary N) is 2. The first kappa shape index (κ1) is 21.3. The van der Waals surface area contributed by atoms with Crippen molar-refractivity contribution in [3.63, 3.8) is 0 Å². The van der Waals surface area contributed by atoms with Crippen LogP contribution in [0.3, 0.4) is 0 Å². The molecule has 1 atom stereocenters. The first-order valence-corrected chi connectivity index (χ1v) is 10.9. The van der Waals surface area contributed by atoms with Crippen LogP contribution in [-0.4, -0.2) is 30.1 Å². The lowest BCUT2D eigenvalue weighted by molar-refractivity contribution is -0.116. The van der Waals surface area contributed by atoms with Crippen LogP contribution in [0.2, 0.25) is 5.02 Å². The quantitative estimate of drug-likeness (QED) is 0.425. The lowest BCUT2D eigenvalue weighted by atomic mass is 9.86. The minimum absolute atomic E-state index is 0.105. The predicted octanol–water partition coefficient (Wildman–Crippen LogP) is 4.21. The van der Waals surface area contributed by atoms with Crippen molar-refractivity contribution in [2.75, 3.05) is 19.5 Å². The van der Waals surface area contributed by atoms with Gasteiger partial charge in [-0.3, -0.25) is 9.59 Å². The second-order valence-corrected chi connectivity index (χ2v) is 8.30. The number of anilines is 1. The Morgan fingerprint density at radius 1 is 1.16 bits per heavy atom. The van der Waals surface area contributed by atoms with E-state index in [0.717, 1.165) is 5.56 Å². The van der Waals surface area contributed by atoms with Crippen molar-refractivity contribution in [2.24, 2.45) is 0 Å². The van der Waals surface area contributed by atoms with Crippen molar-refractivity contribution in [3.05, 3.63) is 74.5 Å². The zero-order valence-electron chi connectivity index (χ0n) is 16.9. The van der Waals surface area contributed by atoms with Gasteiger partial charge in [0, 0.05) is 28.7 Å². The molecule has 2 N–H and O–H groups in total. The second-order valence-electron chi connectivity index (χ2n) is 6.93. The molecule has 0 fully saturated rings. The van der Waals surface area contributed by atoms with E-state index in [9.17, 15) is 9.59 Å². The van der Waals surface area contributed by atoms with E-state index < -0.39 is 5.92 Å². The average Bonchev–Trinajstić information content (AvgIpc) is 2.77. The number of rotatable bonds is 6. The number of ether oxygens (including phenoxy) is 2. The van der Waals surface area contributed by atoms with Crippen LogP contribution in [0.5, 0.6) is 11.5 Å². The predicted molar refractivity (Wildman–Crippen MR) is 121 cm³/mol. The van der Waals surface area contributed by atoms with Crippen LogP contribution in [0, 0.1) is 0 Å². The fraction of sp³-hybridized carbons (Fsp3) is 0.227. The van der Waals surface area contributed by atoms with Crippen molar-refractivity contribution >= 4 is 35.1 Å². The summed E-state index contributed by atoms with van der Waals surface area (Å²) >= 11 is 7.55. The lowest BCUT2D eigenvalue weighted by Crippen LogP contribution is -2.31. The summed E-state index contributed by atoms with van der Waals surface area (Å²) in [4.78, 5) is 32.8. The molecule has 0 saturated heterocycles. The van der Waals surface area contributed by atoms with E-state index in [0.29, 0.717) is 38.6 Å². The molecule has 4 rings (SSSR count). The zero-order chi connectivity index (χ0) is 22.0. The first-order chi connectivity index (χ1) is 15.0. The number of aromatic nitrogens is 2. The number of H-pyrrole nitrogens is 1. The number of thioether (sulfide) groups is 1. The van der Waals surface area contributed by atoms with Crippen molar-refractivity contribution in [2.45, 2.75) is 23.2 Å². The van der Waals surface area contributed by atoms with E-state index in [4.69, 9.17) is 21.1 Å². The van der Waals surface area contributed by atoms with Gasteiger partial charge in [0.1, 0.15) is 17.3 Å². The largest absolute Gasteiger partial charge is 0.497 e. The molecule has 1 aromatic heterocycles. The molecule has 0 saturated carbocycles. The number of carbonyl (C=O) groups is 1. The number of methoxy groups -OCH3 is 2. The standard InChI is InChI=1S/C22H20ClN3O4S/c1-29-13-7-8-17(30-2)14(9-13)15-10-18(27)24-20-19(15)21(28)26-22(25-20)31-11-12-5-3-4-6-16(12)23/h3-9,15H,10-11H2,1-2H3,(H2,24,25,26,27,28). The van der Waals surface area contributed by atoms with Gasteiger partial charge in [-0.05, 0) is 29.8 Å². The molecule has 7 nitrogen and oxygen atoms in total. The molecule has 31 heavy (non-hydrogen) atoms. The fourth-order valence-corrected chi connectivity index (χ4v) is 4.70. The van der Waals surface area contributed by atoms with Crippen molar-refractivity contribution in [3.8, 4) is 11.5 Å². The highest BCUT2D eigenvalue weighted by Crippen LogP contribution is 2.40. The molecule has 2 heterocycles. The Morgan fingerprint density at radius 2 is 1.97 bits per heavy atom.